The molecule has 4 heteroatoms. The summed E-state index contributed by atoms with van der Waals surface area (Å²) in [5.41, 5.74) is 3.51. The largest absolute Gasteiger partial charge is 0.396 e. The predicted molar refractivity (Wildman–Crippen MR) is 45.0 cm³/mol. The second-order valence-corrected chi connectivity index (χ2v) is 2.42. The maximum Gasteiger partial charge on any atom is 0.126 e. The van der Waals surface area contributed by atoms with Crippen LogP contribution >= 0.6 is 0 Å². The van der Waals surface area contributed by atoms with Crippen LogP contribution in [0, 0.1) is 5.82 Å². The first-order valence-corrected chi connectivity index (χ1v) is 3.64. The van der Waals surface area contributed by atoms with E-state index < -0.39 is 0 Å². The molecule has 1 aromatic carbocycles. The lowest BCUT2D eigenvalue weighted by atomic mass is 10.1. The molecule has 3 nitrogen and oxygen atoms in total. The molecule has 0 atom stereocenters. The van der Waals surface area contributed by atoms with Crippen molar-refractivity contribution in [3.8, 4) is 0 Å². The molecule has 66 valence electrons. The van der Waals surface area contributed by atoms with E-state index in [0.29, 0.717) is 17.7 Å². The molecule has 0 saturated carbocycles. The molecule has 0 spiro atoms. The van der Waals surface area contributed by atoms with Crippen LogP contribution in [0.1, 0.15) is 5.56 Å². The molecule has 0 radical (unpaired) electrons. The van der Waals surface area contributed by atoms with E-state index in [9.17, 15) is 4.39 Å². The van der Waals surface area contributed by atoms with Gasteiger partial charge in [0.05, 0.1) is 0 Å². The minimum Gasteiger partial charge on any atom is -0.396 e. The van der Waals surface area contributed by atoms with Crippen molar-refractivity contribution < 1.29 is 9.50 Å². The van der Waals surface area contributed by atoms with Crippen molar-refractivity contribution >= 4 is 5.69 Å². The second-order valence-electron chi connectivity index (χ2n) is 2.42. The summed E-state index contributed by atoms with van der Waals surface area (Å²) in [6.07, 6.45) is 0.307. The Hall–Kier alpha value is -1.13. The summed E-state index contributed by atoms with van der Waals surface area (Å²) in [7, 11) is 0. The summed E-state index contributed by atoms with van der Waals surface area (Å²) in [4.78, 5) is 0. The molecule has 0 bridgehead atoms. The quantitative estimate of drug-likeness (QED) is 0.461. The van der Waals surface area contributed by atoms with E-state index in [2.05, 4.69) is 5.43 Å². The van der Waals surface area contributed by atoms with Crippen LogP contribution in [0.15, 0.2) is 18.2 Å². The number of rotatable bonds is 3. The average molecular weight is 170 g/mol. The molecule has 12 heavy (non-hydrogen) atoms. The number of nitrogens with one attached hydrogen (secondary N) is 1. The van der Waals surface area contributed by atoms with Gasteiger partial charge in [0.2, 0.25) is 0 Å². The van der Waals surface area contributed by atoms with E-state index in [1.165, 1.54) is 12.1 Å². The van der Waals surface area contributed by atoms with E-state index in [1.807, 2.05) is 0 Å². The molecule has 0 saturated heterocycles. The van der Waals surface area contributed by atoms with E-state index in [0.717, 1.165) is 0 Å². The van der Waals surface area contributed by atoms with Crippen LogP contribution in [0.2, 0.25) is 0 Å². The highest BCUT2D eigenvalue weighted by atomic mass is 19.1. The molecule has 0 aliphatic rings. The predicted octanol–water partition coefficient (Wildman–Crippen LogP) is 0.646. The monoisotopic (exact) mass is 170 g/mol. The van der Waals surface area contributed by atoms with Gasteiger partial charge in [-0.3, -0.25) is 5.84 Å². The first kappa shape index (κ1) is 8.96. The second kappa shape index (κ2) is 4.04. The zero-order valence-electron chi connectivity index (χ0n) is 6.55. The third kappa shape index (κ3) is 1.93. The van der Waals surface area contributed by atoms with Crippen molar-refractivity contribution in [2.75, 3.05) is 12.0 Å². The van der Waals surface area contributed by atoms with E-state index in [4.69, 9.17) is 10.9 Å². The Bertz CT molecular complexity index is 265. The molecule has 0 aliphatic heterocycles. The fraction of sp³-hybridized carbons (Fsp3) is 0.250. The van der Waals surface area contributed by atoms with Gasteiger partial charge in [-0.15, -0.1) is 0 Å². The fourth-order valence-electron chi connectivity index (χ4n) is 0.977. The van der Waals surface area contributed by atoms with Crippen LogP contribution in [0.5, 0.6) is 0 Å². The smallest absolute Gasteiger partial charge is 0.126 e. The van der Waals surface area contributed by atoms with Crippen LogP contribution in [0.4, 0.5) is 10.1 Å². The van der Waals surface area contributed by atoms with Crippen LogP contribution in [0.25, 0.3) is 0 Å². The summed E-state index contributed by atoms with van der Waals surface area (Å²) >= 11 is 0. The summed E-state index contributed by atoms with van der Waals surface area (Å²) in [6.45, 7) is -0.0645. The van der Waals surface area contributed by atoms with Gasteiger partial charge in [-0.05, 0) is 30.2 Å². The minimum absolute atomic E-state index is 0.0645. The molecule has 0 amide bonds. The summed E-state index contributed by atoms with van der Waals surface area (Å²) < 4.78 is 12.9. The molecular formula is C8H11FN2O. The van der Waals surface area contributed by atoms with Crippen LogP contribution in [-0.2, 0) is 6.42 Å². The first-order valence-electron chi connectivity index (χ1n) is 3.64. The summed E-state index contributed by atoms with van der Waals surface area (Å²) in [5.74, 6) is 4.81. The van der Waals surface area contributed by atoms with Crippen molar-refractivity contribution in [2.45, 2.75) is 6.42 Å². The fourth-order valence-corrected chi connectivity index (χ4v) is 0.977. The third-order valence-electron chi connectivity index (χ3n) is 1.59. The van der Waals surface area contributed by atoms with Gasteiger partial charge in [-0.25, -0.2) is 4.39 Å². The molecule has 0 aromatic heterocycles. The normalized spacial score (nSPS) is 9.92. The van der Waals surface area contributed by atoms with Crippen molar-refractivity contribution in [3.05, 3.63) is 29.6 Å². The van der Waals surface area contributed by atoms with Gasteiger partial charge in [-0.2, -0.15) is 0 Å². The molecule has 4 N–H and O–H groups in total. The lowest BCUT2D eigenvalue weighted by molar-refractivity contribution is 0.297. The number of hydrogen-bond donors (Lipinski definition) is 3. The number of aliphatic hydroxyl groups excluding tert-OH is 1. The Morgan fingerprint density at radius 1 is 1.50 bits per heavy atom. The summed E-state index contributed by atoms with van der Waals surface area (Å²) in [5, 5.41) is 8.59. The van der Waals surface area contributed by atoms with Gasteiger partial charge >= 0.3 is 0 Å². The molecular weight excluding hydrogens is 159 g/mol. The van der Waals surface area contributed by atoms with Gasteiger partial charge in [0, 0.05) is 12.3 Å². The Balaban J connectivity index is 2.91. The topological polar surface area (TPSA) is 58.3 Å². The van der Waals surface area contributed by atoms with Crippen LogP contribution in [0.3, 0.4) is 0 Å². The van der Waals surface area contributed by atoms with Gasteiger partial charge < -0.3 is 10.5 Å². The van der Waals surface area contributed by atoms with E-state index >= 15 is 0 Å². The maximum absolute atomic E-state index is 12.9. The van der Waals surface area contributed by atoms with Crippen molar-refractivity contribution in [3.63, 3.8) is 0 Å². The highest BCUT2D eigenvalue weighted by molar-refractivity contribution is 5.45. The zero-order valence-corrected chi connectivity index (χ0v) is 6.55. The number of nitrogens with two attached hydrogens (primary N) is 1. The van der Waals surface area contributed by atoms with Gasteiger partial charge in [-0.1, -0.05) is 0 Å². The highest BCUT2D eigenvalue weighted by Gasteiger charge is 2.01. The average Bonchev–Trinajstić information content (AvgIpc) is 2.09. The van der Waals surface area contributed by atoms with Crippen molar-refractivity contribution in [1.82, 2.24) is 0 Å². The number of benzene rings is 1. The lowest BCUT2D eigenvalue weighted by Crippen LogP contribution is -2.07. The standard InChI is InChI=1S/C8H11FN2O/c9-8-2-1-7(11-10)5-6(8)3-4-12/h1-2,5,11-12H,3-4,10H2. The molecule has 0 fully saturated rings. The third-order valence-corrected chi connectivity index (χ3v) is 1.59. The van der Waals surface area contributed by atoms with Crippen LogP contribution < -0.4 is 11.3 Å². The highest BCUT2D eigenvalue weighted by Crippen LogP contribution is 2.13. The van der Waals surface area contributed by atoms with Crippen molar-refractivity contribution in [2.24, 2.45) is 5.84 Å². The zero-order chi connectivity index (χ0) is 8.97. The van der Waals surface area contributed by atoms with Crippen LogP contribution in [-0.4, -0.2) is 11.7 Å². The van der Waals surface area contributed by atoms with Gasteiger partial charge in [0.25, 0.3) is 0 Å². The number of aliphatic hydroxyl groups is 1. The number of hydrogen-bond acceptors (Lipinski definition) is 3. The number of anilines is 1. The number of nitrogen functional groups attached to an aromatic ring is 1. The SMILES string of the molecule is NNc1ccc(F)c(CCO)c1. The first-order chi connectivity index (χ1) is 5.77. The Morgan fingerprint density at radius 3 is 2.83 bits per heavy atom. The van der Waals surface area contributed by atoms with Crippen molar-refractivity contribution in [1.29, 1.82) is 0 Å². The van der Waals surface area contributed by atoms with E-state index in [1.54, 1.807) is 6.07 Å². The molecule has 1 rings (SSSR count). The summed E-state index contributed by atoms with van der Waals surface area (Å²) in [6, 6.07) is 4.43. The Kier molecular flexibility index (Phi) is 3.01. The molecule has 0 unspecified atom stereocenters. The molecule has 0 heterocycles. The van der Waals surface area contributed by atoms with E-state index in [-0.39, 0.29) is 12.4 Å². The Labute approximate surface area is 70.0 Å². The number of hydrazine groups is 1. The number of halogens is 1. The molecule has 1 aromatic rings. The van der Waals surface area contributed by atoms with Gasteiger partial charge in [0.15, 0.2) is 0 Å². The lowest BCUT2D eigenvalue weighted by Gasteiger charge is -2.04. The Morgan fingerprint density at radius 2 is 2.25 bits per heavy atom. The minimum atomic E-state index is -0.317. The van der Waals surface area contributed by atoms with Gasteiger partial charge in [0.1, 0.15) is 5.82 Å². The maximum atomic E-state index is 12.9. The molecule has 0 aliphatic carbocycles.